The van der Waals surface area contributed by atoms with E-state index in [1.165, 1.54) is 0 Å². The first kappa shape index (κ1) is 21.7. The normalized spacial score (nSPS) is 14.4. The van der Waals surface area contributed by atoms with E-state index < -0.39 is 0 Å². The molecule has 1 aliphatic rings. The predicted octanol–water partition coefficient (Wildman–Crippen LogP) is 5.36. The number of aromatic amines is 2. The molecule has 0 unspecified atom stereocenters. The van der Waals surface area contributed by atoms with E-state index in [0.29, 0.717) is 0 Å². The minimum Gasteiger partial charge on any atom is -0.489 e. The van der Waals surface area contributed by atoms with Gasteiger partial charge in [-0.3, -0.25) is 15.1 Å². The van der Waals surface area contributed by atoms with Crippen LogP contribution in [0.1, 0.15) is 12.8 Å². The Morgan fingerprint density at radius 2 is 1.68 bits per heavy atom. The number of benzene rings is 1. The van der Waals surface area contributed by atoms with Crippen molar-refractivity contribution in [3.8, 4) is 39.4 Å². The van der Waals surface area contributed by atoms with Crippen molar-refractivity contribution in [1.82, 2.24) is 35.5 Å². The second-order valence-electron chi connectivity index (χ2n) is 9.35. The van der Waals surface area contributed by atoms with E-state index in [1.807, 2.05) is 30.6 Å². The highest BCUT2D eigenvalue weighted by Gasteiger charge is 2.17. The van der Waals surface area contributed by atoms with E-state index in [2.05, 4.69) is 65.8 Å². The van der Waals surface area contributed by atoms with Crippen molar-refractivity contribution in [3.05, 3.63) is 79.5 Å². The molecule has 1 aliphatic heterocycles. The number of hydrogen-bond donors (Lipinski definition) is 3. The van der Waals surface area contributed by atoms with Gasteiger partial charge >= 0.3 is 0 Å². The summed E-state index contributed by atoms with van der Waals surface area (Å²) >= 11 is 0. The maximum Gasteiger partial charge on any atom is 0.138 e. The zero-order valence-corrected chi connectivity index (χ0v) is 20.1. The second kappa shape index (κ2) is 9.15. The van der Waals surface area contributed by atoms with Crippen molar-refractivity contribution in [2.75, 3.05) is 13.1 Å². The van der Waals surface area contributed by atoms with E-state index in [-0.39, 0.29) is 6.10 Å². The number of aromatic nitrogens is 6. The molecule has 0 atom stereocenters. The molecule has 6 heterocycles. The predicted molar refractivity (Wildman–Crippen MR) is 144 cm³/mol. The molecule has 8 heteroatoms. The van der Waals surface area contributed by atoms with Crippen LogP contribution in [0.2, 0.25) is 0 Å². The molecule has 0 amide bonds. The Morgan fingerprint density at radius 1 is 0.784 bits per heavy atom. The molecule has 0 radical (unpaired) electrons. The van der Waals surface area contributed by atoms with Crippen molar-refractivity contribution in [1.29, 1.82) is 0 Å². The summed E-state index contributed by atoms with van der Waals surface area (Å²) in [4.78, 5) is 16.6. The number of pyridine rings is 3. The molecule has 1 aromatic carbocycles. The number of ether oxygens (including phenoxy) is 1. The summed E-state index contributed by atoms with van der Waals surface area (Å²) in [7, 11) is 0. The highest BCUT2D eigenvalue weighted by Crippen LogP contribution is 2.35. The summed E-state index contributed by atoms with van der Waals surface area (Å²) < 4.78 is 6.23. The fourth-order valence-electron chi connectivity index (χ4n) is 5.08. The van der Waals surface area contributed by atoms with E-state index in [9.17, 15) is 0 Å². The molecular weight excluding hydrogens is 462 g/mol. The van der Waals surface area contributed by atoms with Gasteiger partial charge in [-0.2, -0.15) is 5.10 Å². The van der Waals surface area contributed by atoms with Crippen molar-refractivity contribution < 1.29 is 4.74 Å². The first-order chi connectivity index (χ1) is 18.3. The first-order valence-electron chi connectivity index (χ1n) is 12.5. The summed E-state index contributed by atoms with van der Waals surface area (Å²) in [6.45, 7) is 1.98. The monoisotopic (exact) mass is 487 g/mol. The van der Waals surface area contributed by atoms with Gasteiger partial charge in [0.2, 0.25) is 0 Å². The van der Waals surface area contributed by atoms with Gasteiger partial charge in [0.25, 0.3) is 0 Å². The lowest BCUT2D eigenvalue weighted by Crippen LogP contribution is -2.34. The third kappa shape index (κ3) is 4.11. The molecule has 0 spiro atoms. The fraction of sp³-hybridized carbons (Fsp3) is 0.172. The molecular formula is C29H25N7O. The van der Waals surface area contributed by atoms with Crippen LogP contribution < -0.4 is 10.1 Å². The Bertz CT molecular complexity index is 1700. The van der Waals surface area contributed by atoms with Crippen LogP contribution in [0.5, 0.6) is 5.75 Å². The highest BCUT2D eigenvalue weighted by molar-refractivity contribution is 6.00. The van der Waals surface area contributed by atoms with Crippen molar-refractivity contribution >= 4 is 21.9 Å². The van der Waals surface area contributed by atoms with Gasteiger partial charge in [-0.25, -0.2) is 4.98 Å². The SMILES string of the molecule is c1cc(-c2ccnc3[nH]c(-c4n[nH]c5ccc(-c6cncc(OC7CCNCC7)c6)cc45)cc23)ccn1. The van der Waals surface area contributed by atoms with Gasteiger partial charge in [-0.05, 0) is 85.1 Å². The number of nitrogens with zero attached hydrogens (tertiary/aromatic N) is 4. The molecule has 5 aromatic heterocycles. The zero-order chi connectivity index (χ0) is 24.6. The highest BCUT2D eigenvalue weighted by atomic mass is 16.5. The fourth-order valence-corrected chi connectivity index (χ4v) is 5.08. The second-order valence-corrected chi connectivity index (χ2v) is 9.35. The largest absolute Gasteiger partial charge is 0.489 e. The number of fused-ring (bicyclic) bond motifs is 2. The lowest BCUT2D eigenvalue weighted by molar-refractivity contribution is 0.162. The Balaban J connectivity index is 1.26. The van der Waals surface area contributed by atoms with Crippen LogP contribution in [0.15, 0.2) is 79.5 Å². The lowest BCUT2D eigenvalue weighted by atomic mass is 10.0. The molecule has 8 nitrogen and oxygen atoms in total. The van der Waals surface area contributed by atoms with Gasteiger partial charge in [-0.1, -0.05) is 6.07 Å². The van der Waals surface area contributed by atoms with Crippen LogP contribution in [-0.4, -0.2) is 49.3 Å². The van der Waals surface area contributed by atoms with Gasteiger partial charge in [0, 0.05) is 41.1 Å². The third-order valence-corrected chi connectivity index (χ3v) is 6.98. The zero-order valence-electron chi connectivity index (χ0n) is 20.1. The molecule has 1 saturated heterocycles. The number of piperidine rings is 1. The average molecular weight is 488 g/mol. The van der Waals surface area contributed by atoms with Crippen LogP contribution >= 0.6 is 0 Å². The summed E-state index contributed by atoms with van der Waals surface area (Å²) in [5.74, 6) is 0.808. The lowest BCUT2D eigenvalue weighted by Gasteiger charge is -2.23. The Labute approximate surface area is 213 Å². The summed E-state index contributed by atoms with van der Waals surface area (Å²) in [5.41, 5.74) is 7.83. The molecule has 0 aliphatic carbocycles. The molecule has 7 rings (SSSR count). The average Bonchev–Trinajstić information content (AvgIpc) is 3.58. The Hall–Kier alpha value is -4.56. The van der Waals surface area contributed by atoms with Crippen molar-refractivity contribution in [2.45, 2.75) is 18.9 Å². The molecule has 3 N–H and O–H groups in total. The summed E-state index contributed by atoms with van der Waals surface area (Å²) in [6.07, 6.45) is 11.4. The molecule has 37 heavy (non-hydrogen) atoms. The maximum atomic E-state index is 6.23. The standard InChI is InChI=1S/C29H25N7O/c1-2-26-25(14-19(1)20-13-22(17-32-16-20)37-21-5-10-31-11-6-21)28(36-35-26)27-15-24-23(7-12-33-29(24)34-27)18-3-8-30-9-4-18/h1-4,7-9,12-17,21,31H,5-6,10-11H2,(H,33,34)(H,35,36). The number of H-pyrrole nitrogens is 2. The van der Waals surface area contributed by atoms with Crippen LogP contribution in [0, 0.1) is 0 Å². The summed E-state index contributed by atoms with van der Waals surface area (Å²) in [6, 6.07) is 16.5. The van der Waals surface area contributed by atoms with Crippen LogP contribution in [-0.2, 0) is 0 Å². The van der Waals surface area contributed by atoms with Gasteiger partial charge in [-0.15, -0.1) is 0 Å². The van der Waals surface area contributed by atoms with Crippen LogP contribution in [0.3, 0.4) is 0 Å². The van der Waals surface area contributed by atoms with Crippen molar-refractivity contribution in [3.63, 3.8) is 0 Å². The minimum absolute atomic E-state index is 0.230. The van der Waals surface area contributed by atoms with Gasteiger partial charge in [0.05, 0.1) is 17.4 Å². The number of rotatable bonds is 5. The molecule has 182 valence electrons. The first-order valence-corrected chi connectivity index (χ1v) is 12.5. The van der Waals surface area contributed by atoms with E-state index in [4.69, 9.17) is 4.74 Å². The Morgan fingerprint density at radius 3 is 2.57 bits per heavy atom. The van der Waals surface area contributed by atoms with Gasteiger partial charge < -0.3 is 15.0 Å². The van der Waals surface area contributed by atoms with Crippen LogP contribution in [0.25, 0.3) is 55.6 Å². The smallest absolute Gasteiger partial charge is 0.138 e. The number of nitrogens with one attached hydrogen (secondary N) is 3. The molecule has 0 bridgehead atoms. The van der Waals surface area contributed by atoms with Gasteiger partial charge in [0.1, 0.15) is 23.2 Å². The minimum atomic E-state index is 0.230. The molecule has 0 saturated carbocycles. The number of hydrogen-bond acceptors (Lipinski definition) is 6. The van der Waals surface area contributed by atoms with E-state index >= 15 is 0 Å². The van der Waals surface area contributed by atoms with E-state index in [1.54, 1.807) is 18.6 Å². The summed E-state index contributed by atoms with van der Waals surface area (Å²) in [5, 5.41) is 13.3. The topological polar surface area (TPSA) is 104 Å². The molecule has 1 fully saturated rings. The molecule has 6 aromatic rings. The quantitative estimate of drug-likeness (QED) is 0.302. The maximum absolute atomic E-state index is 6.23. The third-order valence-electron chi connectivity index (χ3n) is 6.98. The van der Waals surface area contributed by atoms with Gasteiger partial charge in [0.15, 0.2) is 0 Å². The van der Waals surface area contributed by atoms with E-state index in [0.717, 1.165) is 87.3 Å². The van der Waals surface area contributed by atoms with Crippen molar-refractivity contribution in [2.24, 2.45) is 0 Å². The van der Waals surface area contributed by atoms with Crippen LogP contribution in [0.4, 0.5) is 0 Å². The Kier molecular flexibility index (Phi) is 5.36.